The zero-order valence-corrected chi connectivity index (χ0v) is 18.4. The summed E-state index contributed by atoms with van der Waals surface area (Å²) in [5, 5.41) is 3.26. The fourth-order valence-electron chi connectivity index (χ4n) is 2.92. The zero-order chi connectivity index (χ0) is 21.7. The number of carbonyl (C=O) groups excluding carboxylic acids is 1. The summed E-state index contributed by atoms with van der Waals surface area (Å²) in [5.74, 6) is -0.420. The van der Waals surface area contributed by atoms with Crippen LogP contribution in [0.5, 0.6) is 0 Å². The highest BCUT2D eigenvalue weighted by atomic mass is 35.5. The molecule has 1 amide bonds. The molecule has 0 aliphatic carbocycles. The molecule has 0 aliphatic rings. The van der Waals surface area contributed by atoms with Gasteiger partial charge in [-0.3, -0.25) is 4.79 Å². The van der Waals surface area contributed by atoms with Crippen molar-refractivity contribution in [2.24, 2.45) is 0 Å². The van der Waals surface area contributed by atoms with Gasteiger partial charge in [-0.1, -0.05) is 59.1 Å². The number of halogens is 1. The summed E-state index contributed by atoms with van der Waals surface area (Å²) in [7, 11) is -3.89. The van der Waals surface area contributed by atoms with Gasteiger partial charge >= 0.3 is 0 Å². The van der Waals surface area contributed by atoms with Gasteiger partial charge in [0.1, 0.15) is 0 Å². The molecule has 0 bridgehead atoms. The highest BCUT2D eigenvalue weighted by molar-refractivity contribution is 7.89. The van der Waals surface area contributed by atoms with Gasteiger partial charge in [-0.25, -0.2) is 8.42 Å². The Balaban J connectivity index is 1.87. The lowest BCUT2D eigenvalue weighted by molar-refractivity contribution is -0.116. The number of aryl methyl sites for hydroxylation is 2. The molecule has 0 fully saturated rings. The van der Waals surface area contributed by atoms with Gasteiger partial charge in [0.25, 0.3) is 0 Å². The number of anilines is 1. The molecule has 3 aromatic rings. The molecule has 0 heterocycles. The first kappa shape index (κ1) is 22.0. The van der Waals surface area contributed by atoms with Crippen molar-refractivity contribution < 1.29 is 13.2 Å². The fourth-order valence-corrected chi connectivity index (χ4v) is 4.52. The quantitative estimate of drug-likeness (QED) is 0.572. The molecule has 5 nitrogen and oxygen atoms in total. The fraction of sp³-hybridized carbons (Fsp3) is 0.174. The van der Waals surface area contributed by atoms with Crippen molar-refractivity contribution in [3.8, 4) is 0 Å². The summed E-state index contributed by atoms with van der Waals surface area (Å²) >= 11 is 6.06. The topological polar surface area (TPSA) is 66.5 Å². The van der Waals surface area contributed by atoms with Crippen LogP contribution < -0.4 is 5.32 Å². The molecular formula is C23H23ClN2O3S. The molecule has 3 rings (SSSR count). The molecule has 0 saturated carbocycles. The van der Waals surface area contributed by atoms with Crippen LogP contribution in [0.15, 0.2) is 77.7 Å². The van der Waals surface area contributed by atoms with Crippen LogP contribution in [0.25, 0.3) is 0 Å². The largest absolute Gasteiger partial charge is 0.325 e. The van der Waals surface area contributed by atoms with Gasteiger partial charge in [0.15, 0.2) is 0 Å². The number of hydrogen-bond acceptors (Lipinski definition) is 3. The van der Waals surface area contributed by atoms with Crippen molar-refractivity contribution in [3.63, 3.8) is 0 Å². The van der Waals surface area contributed by atoms with E-state index in [-0.39, 0.29) is 18.0 Å². The van der Waals surface area contributed by atoms with E-state index in [1.54, 1.807) is 60.7 Å². The molecule has 0 aromatic heterocycles. The third-order valence-corrected chi connectivity index (χ3v) is 6.60. The predicted molar refractivity (Wildman–Crippen MR) is 120 cm³/mol. The smallest absolute Gasteiger partial charge is 0.243 e. The lowest BCUT2D eigenvalue weighted by atomic mass is 10.2. The number of carbonyl (C=O) groups is 1. The average molecular weight is 443 g/mol. The first-order valence-electron chi connectivity index (χ1n) is 9.42. The van der Waals surface area contributed by atoms with Crippen LogP contribution in [0.4, 0.5) is 5.69 Å². The number of hydrogen-bond donors (Lipinski definition) is 1. The Hall–Kier alpha value is -2.67. The monoisotopic (exact) mass is 442 g/mol. The number of rotatable bonds is 7. The molecule has 30 heavy (non-hydrogen) atoms. The number of nitrogens with one attached hydrogen (secondary N) is 1. The molecular weight excluding hydrogens is 420 g/mol. The molecule has 0 saturated heterocycles. The number of amides is 1. The van der Waals surface area contributed by atoms with E-state index < -0.39 is 15.9 Å². The third kappa shape index (κ3) is 5.69. The van der Waals surface area contributed by atoms with Gasteiger partial charge in [0.05, 0.1) is 11.4 Å². The molecule has 0 radical (unpaired) electrons. The van der Waals surface area contributed by atoms with Crippen LogP contribution in [0, 0.1) is 13.8 Å². The Bertz CT molecular complexity index is 1130. The molecule has 3 aromatic carbocycles. The summed E-state index contributed by atoms with van der Waals surface area (Å²) in [4.78, 5) is 12.8. The maximum absolute atomic E-state index is 13.3. The van der Waals surface area contributed by atoms with Gasteiger partial charge < -0.3 is 5.32 Å². The second-order valence-electron chi connectivity index (χ2n) is 7.13. The molecule has 7 heteroatoms. The Morgan fingerprint density at radius 1 is 0.933 bits per heavy atom. The Morgan fingerprint density at radius 2 is 1.53 bits per heavy atom. The average Bonchev–Trinajstić information content (AvgIpc) is 2.69. The molecule has 0 atom stereocenters. The van der Waals surface area contributed by atoms with Crippen molar-refractivity contribution in [1.29, 1.82) is 0 Å². The second-order valence-corrected chi connectivity index (χ2v) is 9.50. The molecule has 0 aliphatic heterocycles. The molecule has 1 N–H and O–H groups in total. The standard InChI is InChI=1S/C23H23ClN2O3S/c1-17-6-10-21(11-7-17)25-23(27)16-26(15-19-4-3-5-20(24)14-19)30(28,29)22-12-8-18(2)9-13-22/h3-14H,15-16H2,1-2H3,(H,25,27). The van der Waals surface area contributed by atoms with Gasteiger partial charge in [-0.2, -0.15) is 4.31 Å². The van der Waals surface area contributed by atoms with Crippen LogP contribution in [0.1, 0.15) is 16.7 Å². The van der Waals surface area contributed by atoms with E-state index >= 15 is 0 Å². The highest BCUT2D eigenvalue weighted by Gasteiger charge is 2.27. The lowest BCUT2D eigenvalue weighted by Crippen LogP contribution is -2.37. The van der Waals surface area contributed by atoms with Gasteiger partial charge in [0, 0.05) is 17.3 Å². The van der Waals surface area contributed by atoms with E-state index in [9.17, 15) is 13.2 Å². The number of nitrogens with zero attached hydrogens (tertiary/aromatic N) is 1. The minimum absolute atomic E-state index is 0.0259. The van der Waals surface area contributed by atoms with Crippen LogP contribution in [0.3, 0.4) is 0 Å². The van der Waals surface area contributed by atoms with Crippen LogP contribution in [0.2, 0.25) is 5.02 Å². The van der Waals surface area contributed by atoms with Gasteiger partial charge in [-0.05, 0) is 55.8 Å². The van der Waals surface area contributed by atoms with Gasteiger partial charge in [-0.15, -0.1) is 0 Å². The predicted octanol–water partition coefficient (Wildman–Crippen LogP) is 4.79. The minimum atomic E-state index is -3.89. The van der Waals surface area contributed by atoms with Crippen molar-refractivity contribution >= 4 is 33.2 Å². The Labute approximate surface area is 182 Å². The van der Waals surface area contributed by atoms with E-state index in [0.717, 1.165) is 15.4 Å². The van der Waals surface area contributed by atoms with E-state index in [4.69, 9.17) is 11.6 Å². The number of sulfonamides is 1. The first-order chi connectivity index (χ1) is 14.2. The molecule has 0 unspecified atom stereocenters. The summed E-state index contributed by atoms with van der Waals surface area (Å²) in [6.45, 7) is 3.54. The van der Waals surface area contributed by atoms with Crippen LogP contribution in [-0.2, 0) is 21.4 Å². The van der Waals surface area contributed by atoms with Crippen LogP contribution in [-0.4, -0.2) is 25.2 Å². The third-order valence-electron chi connectivity index (χ3n) is 4.56. The normalized spacial score (nSPS) is 11.5. The van der Waals surface area contributed by atoms with Crippen molar-refractivity contribution in [2.45, 2.75) is 25.3 Å². The maximum Gasteiger partial charge on any atom is 0.243 e. The summed E-state index contributed by atoms with van der Waals surface area (Å²) in [5.41, 5.74) is 3.33. The van der Waals surface area contributed by atoms with Crippen LogP contribution >= 0.6 is 11.6 Å². The van der Waals surface area contributed by atoms with E-state index in [0.29, 0.717) is 16.3 Å². The second kappa shape index (κ2) is 9.43. The minimum Gasteiger partial charge on any atom is -0.325 e. The summed E-state index contributed by atoms with van der Waals surface area (Å²) in [6, 6.07) is 20.8. The van der Waals surface area contributed by atoms with E-state index in [1.165, 1.54) is 0 Å². The van der Waals surface area contributed by atoms with E-state index in [2.05, 4.69) is 5.32 Å². The van der Waals surface area contributed by atoms with Gasteiger partial charge in [0.2, 0.25) is 15.9 Å². The molecule has 0 spiro atoms. The Kier molecular flexibility index (Phi) is 6.92. The highest BCUT2D eigenvalue weighted by Crippen LogP contribution is 2.21. The summed E-state index contributed by atoms with van der Waals surface area (Å²) in [6.07, 6.45) is 0. The van der Waals surface area contributed by atoms with E-state index in [1.807, 2.05) is 26.0 Å². The Morgan fingerprint density at radius 3 is 2.13 bits per heavy atom. The maximum atomic E-state index is 13.3. The van der Waals surface area contributed by atoms with Crippen molar-refractivity contribution in [1.82, 2.24) is 4.31 Å². The zero-order valence-electron chi connectivity index (χ0n) is 16.8. The number of benzene rings is 3. The lowest BCUT2D eigenvalue weighted by Gasteiger charge is -2.22. The van der Waals surface area contributed by atoms with Crippen molar-refractivity contribution in [2.75, 3.05) is 11.9 Å². The molecule has 156 valence electrons. The SMILES string of the molecule is Cc1ccc(NC(=O)CN(Cc2cccc(Cl)c2)S(=O)(=O)c2ccc(C)cc2)cc1. The first-order valence-corrected chi connectivity index (χ1v) is 11.2. The summed E-state index contributed by atoms with van der Waals surface area (Å²) < 4.78 is 27.7. The van der Waals surface area contributed by atoms with Crippen molar-refractivity contribution in [3.05, 3.63) is 94.5 Å².